The first kappa shape index (κ1) is 17.9. The zero-order valence-electron chi connectivity index (χ0n) is 14.8. The molecule has 0 aliphatic heterocycles. The molecule has 2 aromatic carbocycles. The van der Waals surface area contributed by atoms with Crippen molar-refractivity contribution in [2.24, 2.45) is 0 Å². The molecular formula is C21H23N3O2. The Kier molecular flexibility index (Phi) is 5.84. The van der Waals surface area contributed by atoms with Gasteiger partial charge in [-0.1, -0.05) is 30.3 Å². The van der Waals surface area contributed by atoms with Gasteiger partial charge in [-0.15, -0.1) is 0 Å². The highest BCUT2D eigenvalue weighted by Crippen LogP contribution is 2.19. The lowest BCUT2D eigenvalue weighted by atomic mass is 10.1. The van der Waals surface area contributed by atoms with Crippen molar-refractivity contribution >= 4 is 22.9 Å². The van der Waals surface area contributed by atoms with Crippen LogP contribution < -0.4 is 10.8 Å². The van der Waals surface area contributed by atoms with Crippen molar-refractivity contribution in [1.82, 2.24) is 15.8 Å². The van der Waals surface area contributed by atoms with Crippen LogP contribution in [0.5, 0.6) is 0 Å². The van der Waals surface area contributed by atoms with E-state index in [1.165, 1.54) is 33.7 Å². The molecule has 0 radical (unpaired) electrons. The molecule has 0 aliphatic carbocycles. The van der Waals surface area contributed by atoms with Gasteiger partial charge in [0.25, 0.3) is 5.91 Å². The fraction of sp³-hybridized carbons (Fsp3) is 0.190. The molecule has 0 atom stereocenters. The standard InChI is InChI=1S/C21H23N3O2/c1-15-13-23-20-8-6-17(12-19(15)20)10-11-22-14-18-4-2-16(3-5-18)7-9-21(25)24-26/h2-9,12-13,22-23,26H,10-11,14H2,1H3,(H,24,25)/b9-7+. The van der Waals surface area contributed by atoms with Gasteiger partial charge in [0.1, 0.15) is 0 Å². The van der Waals surface area contributed by atoms with Crippen LogP contribution in [0.2, 0.25) is 0 Å². The number of carbonyl (C=O) groups excluding carboxylic acids is 1. The summed E-state index contributed by atoms with van der Waals surface area (Å²) < 4.78 is 0. The number of fused-ring (bicyclic) bond motifs is 1. The minimum absolute atomic E-state index is 0.538. The highest BCUT2D eigenvalue weighted by Gasteiger charge is 2.01. The molecule has 3 aromatic rings. The van der Waals surface area contributed by atoms with Gasteiger partial charge in [-0.2, -0.15) is 0 Å². The number of hydrogen-bond donors (Lipinski definition) is 4. The summed E-state index contributed by atoms with van der Waals surface area (Å²) in [5.41, 5.74) is 7.46. The maximum atomic E-state index is 11.0. The van der Waals surface area contributed by atoms with E-state index >= 15 is 0 Å². The van der Waals surface area contributed by atoms with Gasteiger partial charge in [0, 0.05) is 29.7 Å². The van der Waals surface area contributed by atoms with E-state index < -0.39 is 5.91 Å². The number of aromatic amines is 1. The van der Waals surface area contributed by atoms with Gasteiger partial charge < -0.3 is 10.3 Å². The molecule has 0 bridgehead atoms. The monoisotopic (exact) mass is 349 g/mol. The van der Waals surface area contributed by atoms with Gasteiger partial charge in [0.15, 0.2) is 0 Å². The molecule has 0 aliphatic rings. The lowest BCUT2D eigenvalue weighted by molar-refractivity contribution is -0.124. The molecule has 4 N–H and O–H groups in total. The molecule has 0 fully saturated rings. The molecule has 0 unspecified atom stereocenters. The number of aromatic nitrogens is 1. The Morgan fingerprint density at radius 2 is 1.92 bits per heavy atom. The van der Waals surface area contributed by atoms with Crippen molar-refractivity contribution in [2.45, 2.75) is 19.9 Å². The summed E-state index contributed by atoms with van der Waals surface area (Å²) in [7, 11) is 0. The number of hydroxylamine groups is 1. The van der Waals surface area contributed by atoms with Crippen LogP contribution in [0.4, 0.5) is 0 Å². The summed E-state index contributed by atoms with van der Waals surface area (Å²) in [4.78, 5) is 14.2. The number of benzene rings is 2. The van der Waals surface area contributed by atoms with Gasteiger partial charge in [0.2, 0.25) is 0 Å². The Labute approximate surface area is 152 Å². The molecular weight excluding hydrogens is 326 g/mol. The van der Waals surface area contributed by atoms with Gasteiger partial charge >= 0.3 is 0 Å². The highest BCUT2D eigenvalue weighted by molar-refractivity contribution is 5.90. The molecule has 26 heavy (non-hydrogen) atoms. The molecule has 3 rings (SSSR count). The largest absolute Gasteiger partial charge is 0.361 e. The van der Waals surface area contributed by atoms with E-state index in [4.69, 9.17) is 5.21 Å². The van der Waals surface area contributed by atoms with E-state index in [1.54, 1.807) is 11.6 Å². The first-order valence-electron chi connectivity index (χ1n) is 8.64. The molecule has 5 heteroatoms. The Morgan fingerprint density at radius 3 is 2.69 bits per heavy atom. The summed E-state index contributed by atoms with van der Waals surface area (Å²) >= 11 is 0. The van der Waals surface area contributed by atoms with Gasteiger partial charge in [0.05, 0.1) is 0 Å². The van der Waals surface area contributed by atoms with Crippen LogP contribution in [0.15, 0.2) is 54.7 Å². The first-order chi connectivity index (χ1) is 12.7. The van der Waals surface area contributed by atoms with Gasteiger partial charge in [-0.3, -0.25) is 10.0 Å². The fourth-order valence-electron chi connectivity index (χ4n) is 2.88. The van der Waals surface area contributed by atoms with E-state index in [1.807, 2.05) is 30.5 Å². The van der Waals surface area contributed by atoms with Gasteiger partial charge in [-0.25, -0.2) is 5.48 Å². The lowest BCUT2D eigenvalue weighted by Gasteiger charge is -2.06. The van der Waals surface area contributed by atoms with Crippen molar-refractivity contribution in [3.8, 4) is 0 Å². The summed E-state index contributed by atoms with van der Waals surface area (Å²) in [6.07, 6.45) is 5.97. The Balaban J connectivity index is 1.47. The van der Waals surface area contributed by atoms with E-state index in [0.29, 0.717) is 0 Å². The van der Waals surface area contributed by atoms with Crippen LogP contribution in [-0.4, -0.2) is 22.6 Å². The summed E-state index contributed by atoms with van der Waals surface area (Å²) in [6, 6.07) is 14.5. The maximum absolute atomic E-state index is 11.0. The Bertz CT molecular complexity index is 911. The third kappa shape index (κ3) is 4.59. The number of aryl methyl sites for hydroxylation is 1. The minimum atomic E-state index is -0.538. The molecule has 1 heterocycles. The molecule has 1 aromatic heterocycles. The average Bonchev–Trinajstić information content (AvgIpc) is 3.04. The predicted octanol–water partition coefficient (Wildman–Crippen LogP) is 3.33. The van der Waals surface area contributed by atoms with E-state index in [-0.39, 0.29) is 0 Å². The molecule has 0 saturated carbocycles. The van der Waals surface area contributed by atoms with Crippen molar-refractivity contribution < 1.29 is 10.0 Å². The Hall–Kier alpha value is -2.89. The summed E-state index contributed by atoms with van der Waals surface area (Å²) in [5, 5.41) is 13.2. The first-order valence-corrected chi connectivity index (χ1v) is 8.64. The zero-order chi connectivity index (χ0) is 18.4. The zero-order valence-corrected chi connectivity index (χ0v) is 14.8. The third-order valence-corrected chi connectivity index (χ3v) is 4.39. The number of hydrogen-bond acceptors (Lipinski definition) is 3. The fourth-order valence-corrected chi connectivity index (χ4v) is 2.88. The second kappa shape index (κ2) is 8.47. The van der Waals surface area contributed by atoms with Crippen molar-refractivity contribution in [3.05, 3.63) is 77.0 Å². The molecule has 5 nitrogen and oxygen atoms in total. The van der Waals surface area contributed by atoms with Crippen LogP contribution >= 0.6 is 0 Å². The quantitative estimate of drug-likeness (QED) is 0.229. The SMILES string of the molecule is Cc1c[nH]c2ccc(CCNCc3ccc(/C=C/C(=O)NO)cc3)cc12. The van der Waals surface area contributed by atoms with Crippen LogP contribution in [0, 0.1) is 6.92 Å². The molecule has 0 spiro atoms. The van der Waals surface area contributed by atoms with Crippen LogP contribution in [-0.2, 0) is 17.8 Å². The van der Waals surface area contributed by atoms with Crippen LogP contribution in [0.25, 0.3) is 17.0 Å². The van der Waals surface area contributed by atoms with Crippen molar-refractivity contribution in [1.29, 1.82) is 0 Å². The highest BCUT2D eigenvalue weighted by atomic mass is 16.5. The maximum Gasteiger partial charge on any atom is 0.267 e. The number of rotatable bonds is 7. The summed E-state index contributed by atoms with van der Waals surface area (Å²) in [5.74, 6) is -0.538. The minimum Gasteiger partial charge on any atom is -0.361 e. The molecule has 134 valence electrons. The van der Waals surface area contributed by atoms with Crippen LogP contribution in [0.1, 0.15) is 22.3 Å². The predicted molar refractivity (Wildman–Crippen MR) is 104 cm³/mol. The molecule has 1 amide bonds. The smallest absolute Gasteiger partial charge is 0.267 e. The number of H-pyrrole nitrogens is 1. The van der Waals surface area contributed by atoms with E-state index in [9.17, 15) is 4.79 Å². The van der Waals surface area contributed by atoms with Crippen molar-refractivity contribution in [2.75, 3.05) is 6.54 Å². The second-order valence-electron chi connectivity index (χ2n) is 6.33. The average molecular weight is 349 g/mol. The number of carbonyl (C=O) groups is 1. The summed E-state index contributed by atoms with van der Waals surface area (Å²) in [6.45, 7) is 3.83. The van der Waals surface area contributed by atoms with Crippen molar-refractivity contribution in [3.63, 3.8) is 0 Å². The van der Waals surface area contributed by atoms with E-state index in [2.05, 4.69) is 35.4 Å². The van der Waals surface area contributed by atoms with Crippen LogP contribution in [0.3, 0.4) is 0 Å². The number of amides is 1. The normalized spacial score (nSPS) is 11.3. The lowest BCUT2D eigenvalue weighted by Crippen LogP contribution is -2.16. The molecule has 0 saturated heterocycles. The number of nitrogens with one attached hydrogen (secondary N) is 3. The second-order valence-corrected chi connectivity index (χ2v) is 6.33. The Morgan fingerprint density at radius 1 is 1.15 bits per heavy atom. The topological polar surface area (TPSA) is 77.2 Å². The van der Waals surface area contributed by atoms with E-state index in [0.717, 1.165) is 25.1 Å². The van der Waals surface area contributed by atoms with Gasteiger partial charge in [-0.05, 0) is 60.4 Å². The third-order valence-electron chi connectivity index (χ3n) is 4.39.